The van der Waals surface area contributed by atoms with E-state index in [0.717, 1.165) is 31.3 Å². The number of ether oxygens (including phenoxy) is 3. The third kappa shape index (κ3) is 6.60. The summed E-state index contributed by atoms with van der Waals surface area (Å²) in [5, 5.41) is 16.1. The third-order valence-corrected chi connectivity index (χ3v) is 8.07. The number of hydrogen-bond donors (Lipinski definition) is 2. The lowest BCUT2D eigenvalue weighted by atomic mass is 9.99. The van der Waals surface area contributed by atoms with Crippen molar-refractivity contribution in [2.75, 3.05) is 63.2 Å². The number of esters is 1. The fraction of sp³-hybridized carbons (Fsp3) is 0.438. The smallest absolute Gasteiger partial charge is 0.341 e. The number of hydrogen-bond acceptors (Lipinski definition) is 9. The quantitative estimate of drug-likeness (QED) is 0.350. The SMILES string of the molecule is CCOC(=O)c1cnc2cc(OC(CC)C3CCNC3)c(OC)cc2c1N1CCN(C(=O)Nc2ccc(C#N)cc2)CC1. The van der Waals surface area contributed by atoms with Crippen LogP contribution in [0.15, 0.2) is 42.6 Å². The van der Waals surface area contributed by atoms with Crippen molar-refractivity contribution in [1.82, 2.24) is 15.2 Å². The number of fused-ring (bicyclic) bond motifs is 1. The van der Waals surface area contributed by atoms with Crippen molar-refractivity contribution in [3.8, 4) is 17.6 Å². The van der Waals surface area contributed by atoms with E-state index in [1.807, 2.05) is 12.1 Å². The van der Waals surface area contributed by atoms with Crippen LogP contribution in [0, 0.1) is 17.2 Å². The molecule has 3 aromatic rings. The van der Waals surface area contributed by atoms with E-state index in [2.05, 4.69) is 33.5 Å². The number of nitriles is 1. The van der Waals surface area contributed by atoms with Gasteiger partial charge in [-0.1, -0.05) is 6.92 Å². The molecular formula is C32H38N6O5. The monoisotopic (exact) mass is 586 g/mol. The molecule has 0 aliphatic carbocycles. The van der Waals surface area contributed by atoms with Gasteiger partial charge in [0.2, 0.25) is 0 Å². The summed E-state index contributed by atoms with van der Waals surface area (Å²) >= 11 is 0. The van der Waals surface area contributed by atoms with Gasteiger partial charge in [0.25, 0.3) is 0 Å². The summed E-state index contributed by atoms with van der Waals surface area (Å²) in [6, 6.07) is 12.4. The molecule has 43 heavy (non-hydrogen) atoms. The number of amides is 2. The van der Waals surface area contributed by atoms with Crippen molar-refractivity contribution in [2.45, 2.75) is 32.8 Å². The summed E-state index contributed by atoms with van der Waals surface area (Å²) in [4.78, 5) is 34.5. The zero-order valence-corrected chi connectivity index (χ0v) is 24.9. The fourth-order valence-corrected chi connectivity index (χ4v) is 5.77. The first-order valence-corrected chi connectivity index (χ1v) is 14.8. The van der Waals surface area contributed by atoms with Gasteiger partial charge in [-0.25, -0.2) is 9.59 Å². The molecule has 1 aromatic heterocycles. The number of nitrogens with zero attached hydrogens (tertiary/aromatic N) is 4. The molecule has 2 saturated heterocycles. The van der Waals surface area contributed by atoms with E-state index in [1.54, 1.807) is 49.4 Å². The first kappa shape index (κ1) is 29.9. The average Bonchev–Trinajstić information content (AvgIpc) is 3.58. The van der Waals surface area contributed by atoms with Gasteiger partial charge < -0.3 is 34.6 Å². The van der Waals surface area contributed by atoms with Gasteiger partial charge in [-0.15, -0.1) is 0 Å². The van der Waals surface area contributed by atoms with E-state index in [0.29, 0.717) is 71.6 Å². The van der Waals surface area contributed by atoms with Crippen LogP contribution in [-0.4, -0.2) is 81.0 Å². The highest BCUT2D eigenvalue weighted by atomic mass is 16.5. The lowest BCUT2D eigenvalue weighted by Gasteiger charge is -2.37. The second-order valence-electron chi connectivity index (χ2n) is 10.7. The predicted molar refractivity (Wildman–Crippen MR) is 164 cm³/mol. The zero-order chi connectivity index (χ0) is 30.3. The van der Waals surface area contributed by atoms with Gasteiger partial charge in [0, 0.05) is 62.0 Å². The third-order valence-electron chi connectivity index (χ3n) is 8.07. The molecule has 5 rings (SSSR count). The van der Waals surface area contributed by atoms with Gasteiger partial charge in [-0.3, -0.25) is 4.98 Å². The normalized spacial score (nSPS) is 17.3. The number of methoxy groups -OCH3 is 1. The highest BCUT2D eigenvalue weighted by Gasteiger charge is 2.29. The van der Waals surface area contributed by atoms with Crippen LogP contribution in [0.25, 0.3) is 10.9 Å². The average molecular weight is 587 g/mol. The molecule has 226 valence electrons. The Morgan fingerprint density at radius 1 is 1.14 bits per heavy atom. The van der Waals surface area contributed by atoms with Crippen LogP contribution in [-0.2, 0) is 4.74 Å². The van der Waals surface area contributed by atoms with E-state index in [4.69, 9.17) is 19.5 Å². The number of anilines is 2. The number of pyridine rings is 1. The number of carbonyl (C=O) groups excluding carboxylic acids is 2. The van der Waals surface area contributed by atoms with Gasteiger partial charge in [-0.2, -0.15) is 5.26 Å². The Hall–Kier alpha value is -4.56. The van der Waals surface area contributed by atoms with Crippen LogP contribution in [0.3, 0.4) is 0 Å². The molecule has 0 radical (unpaired) electrons. The van der Waals surface area contributed by atoms with Crippen LogP contribution in [0.2, 0.25) is 0 Å². The number of piperazine rings is 1. The maximum absolute atomic E-state index is 13.1. The van der Waals surface area contributed by atoms with Crippen molar-refractivity contribution in [1.29, 1.82) is 5.26 Å². The minimum atomic E-state index is -0.452. The van der Waals surface area contributed by atoms with E-state index in [1.165, 1.54) is 0 Å². The van der Waals surface area contributed by atoms with Gasteiger partial charge >= 0.3 is 12.0 Å². The Balaban J connectivity index is 1.41. The first-order valence-electron chi connectivity index (χ1n) is 14.8. The number of nitrogens with one attached hydrogen (secondary N) is 2. The molecule has 11 nitrogen and oxygen atoms in total. The summed E-state index contributed by atoms with van der Waals surface area (Å²) in [7, 11) is 1.61. The van der Waals surface area contributed by atoms with Gasteiger partial charge in [0.15, 0.2) is 11.5 Å². The molecule has 2 amide bonds. The summed E-state index contributed by atoms with van der Waals surface area (Å²) < 4.78 is 17.7. The van der Waals surface area contributed by atoms with Crippen LogP contribution < -0.4 is 25.0 Å². The number of aromatic nitrogens is 1. The number of rotatable bonds is 9. The van der Waals surface area contributed by atoms with Crippen molar-refractivity contribution < 1.29 is 23.8 Å². The first-order chi connectivity index (χ1) is 20.9. The van der Waals surface area contributed by atoms with Crippen molar-refractivity contribution in [3.05, 3.63) is 53.7 Å². The molecule has 2 aromatic carbocycles. The van der Waals surface area contributed by atoms with Crippen molar-refractivity contribution in [3.63, 3.8) is 0 Å². The Kier molecular flexibility index (Phi) is 9.47. The Morgan fingerprint density at radius 3 is 2.53 bits per heavy atom. The van der Waals surface area contributed by atoms with Crippen LogP contribution in [0.1, 0.15) is 42.6 Å². The summed E-state index contributed by atoms with van der Waals surface area (Å²) in [6.45, 7) is 7.95. The van der Waals surface area contributed by atoms with E-state index >= 15 is 0 Å². The maximum atomic E-state index is 13.1. The molecule has 11 heteroatoms. The molecule has 2 N–H and O–H groups in total. The topological polar surface area (TPSA) is 129 Å². The molecule has 0 bridgehead atoms. The van der Waals surface area contributed by atoms with Crippen molar-refractivity contribution >= 4 is 34.3 Å². The molecular weight excluding hydrogens is 548 g/mol. The molecule has 2 fully saturated rings. The van der Waals surface area contributed by atoms with Crippen molar-refractivity contribution in [2.24, 2.45) is 5.92 Å². The zero-order valence-electron chi connectivity index (χ0n) is 24.9. The summed E-state index contributed by atoms with van der Waals surface area (Å²) in [5.74, 6) is 1.17. The van der Waals surface area contributed by atoms with E-state index in [9.17, 15) is 9.59 Å². The summed E-state index contributed by atoms with van der Waals surface area (Å²) in [6.07, 6.45) is 3.55. The molecule has 0 saturated carbocycles. The lowest BCUT2D eigenvalue weighted by molar-refractivity contribution is 0.0526. The van der Waals surface area contributed by atoms with E-state index in [-0.39, 0.29) is 18.7 Å². The highest BCUT2D eigenvalue weighted by molar-refractivity contribution is 6.06. The molecule has 2 aliphatic rings. The van der Waals surface area contributed by atoms with Crippen LogP contribution >= 0.6 is 0 Å². The Bertz CT molecular complexity index is 1490. The minimum Gasteiger partial charge on any atom is -0.493 e. The van der Waals surface area contributed by atoms with E-state index < -0.39 is 5.97 Å². The lowest BCUT2D eigenvalue weighted by Crippen LogP contribution is -2.50. The molecule has 2 aliphatic heterocycles. The predicted octanol–water partition coefficient (Wildman–Crippen LogP) is 4.41. The second-order valence-corrected chi connectivity index (χ2v) is 10.7. The Morgan fingerprint density at radius 2 is 1.91 bits per heavy atom. The standard InChI is InChI=1S/C32H38N6O5/c1-4-27(22-10-11-34-19-22)43-29-17-26-24(16-28(29)41-3)30(25(20-35-26)31(39)42-5-2)37-12-14-38(15-13-37)32(40)36-23-8-6-21(18-33)7-9-23/h6-9,16-17,20,22,27,34H,4-5,10-15,19H2,1-3H3,(H,36,40). The van der Waals surface area contributed by atoms with Crippen LogP contribution in [0.4, 0.5) is 16.2 Å². The number of carbonyl (C=O) groups is 2. The minimum absolute atomic E-state index is 0.0446. The maximum Gasteiger partial charge on any atom is 0.341 e. The number of urea groups is 1. The second kappa shape index (κ2) is 13.6. The molecule has 2 unspecified atom stereocenters. The van der Waals surface area contributed by atoms with Gasteiger partial charge in [0.1, 0.15) is 11.7 Å². The molecule has 3 heterocycles. The Labute approximate surface area is 251 Å². The van der Waals surface area contributed by atoms with Gasteiger partial charge in [-0.05, 0) is 56.6 Å². The molecule has 0 spiro atoms. The highest BCUT2D eigenvalue weighted by Crippen LogP contribution is 2.39. The van der Waals surface area contributed by atoms with Crippen LogP contribution in [0.5, 0.6) is 11.5 Å². The summed E-state index contributed by atoms with van der Waals surface area (Å²) in [5.41, 5.74) is 2.90. The fourth-order valence-electron chi connectivity index (χ4n) is 5.77. The number of benzene rings is 2. The molecule has 2 atom stereocenters. The van der Waals surface area contributed by atoms with Gasteiger partial charge in [0.05, 0.1) is 36.6 Å². The largest absolute Gasteiger partial charge is 0.493 e.